The van der Waals surface area contributed by atoms with Gasteiger partial charge < -0.3 is 5.32 Å². The third-order valence-corrected chi connectivity index (χ3v) is 3.79. The minimum atomic E-state index is -0.917. The first kappa shape index (κ1) is 13.9. The molecule has 1 aliphatic heterocycles. The van der Waals surface area contributed by atoms with Crippen LogP contribution in [0, 0.1) is 11.6 Å². The topological polar surface area (TPSA) is 29.1 Å². The molecule has 0 amide bonds. The van der Waals surface area contributed by atoms with E-state index in [1.54, 1.807) is 0 Å². The molecule has 2 aromatic carbocycles. The third-order valence-electron chi connectivity index (χ3n) is 3.79. The maximum atomic E-state index is 13.2. The van der Waals surface area contributed by atoms with E-state index < -0.39 is 11.6 Å². The average Bonchev–Trinajstić information content (AvgIpc) is 2.50. The van der Waals surface area contributed by atoms with E-state index in [0.717, 1.165) is 42.8 Å². The fourth-order valence-electron chi connectivity index (χ4n) is 2.72. The van der Waals surface area contributed by atoms with E-state index >= 15 is 0 Å². The van der Waals surface area contributed by atoms with Crippen molar-refractivity contribution in [2.24, 2.45) is 0 Å². The molecule has 0 unspecified atom stereocenters. The number of rotatable bonds is 3. The van der Waals surface area contributed by atoms with Crippen LogP contribution in [0.2, 0.25) is 0 Å². The van der Waals surface area contributed by atoms with Gasteiger partial charge in [-0.25, -0.2) is 8.78 Å². The summed E-state index contributed by atoms with van der Waals surface area (Å²) >= 11 is 0. The zero-order valence-corrected chi connectivity index (χ0v) is 11.5. The van der Waals surface area contributed by atoms with Crippen molar-refractivity contribution in [3.8, 4) is 0 Å². The summed E-state index contributed by atoms with van der Waals surface area (Å²) in [4.78, 5) is 12.4. The summed E-state index contributed by atoms with van der Waals surface area (Å²) in [5.74, 6) is -1.87. The first-order valence-electron chi connectivity index (χ1n) is 6.94. The quantitative estimate of drug-likeness (QED) is 0.879. The molecule has 1 heterocycles. The molecule has 1 N–H and O–H groups in total. The molecule has 0 saturated heterocycles. The SMILES string of the molecule is O=C(Cc1ccc(F)c(F)c1)c1cccc2c1CCNC2. The second kappa shape index (κ2) is 5.74. The minimum Gasteiger partial charge on any atom is -0.312 e. The molecule has 108 valence electrons. The third kappa shape index (κ3) is 2.85. The molecule has 0 bridgehead atoms. The Morgan fingerprint density at radius 1 is 1.14 bits per heavy atom. The highest BCUT2D eigenvalue weighted by Gasteiger charge is 2.17. The summed E-state index contributed by atoms with van der Waals surface area (Å²) in [5.41, 5.74) is 3.39. The number of carbonyl (C=O) groups excluding carboxylic acids is 1. The second-order valence-corrected chi connectivity index (χ2v) is 5.22. The Hall–Kier alpha value is -2.07. The number of hydrogen-bond acceptors (Lipinski definition) is 2. The van der Waals surface area contributed by atoms with Gasteiger partial charge in [0.1, 0.15) is 0 Å². The first-order valence-corrected chi connectivity index (χ1v) is 6.94. The molecule has 0 spiro atoms. The van der Waals surface area contributed by atoms with Gasteiger partial charge in [0.25, 0.3) is 0 Å². The lowest BCUT2D eigenvalue weighted by Gasteiger charge is -2.19. The molecule has 4 heteroatoms. The van der Waals surface area contributed by atoms with Crippen molar-refractivity contribution < 1.29 is 13.6 Å². The summed E-state index contributed by atoms with van der Waals surface area (Å²) in [7, 11) is 0. The van der Waals surface area contributed by atoms with Crippen LogP contribution in [0.3, 0.4) is 0 Å². The van der Waals surface area contributed by atoms with Crippen molar-refractivity contribution in [2.45, 2.75) is 19.4 Å². The number of ketones is 1. The number of fused-ring (bicyclic) bond motifs is 1. The number of halogens is 2. The zero-order valence-electron chi connectivity index (χ0n) is 11.5. The maximum absolute atomic E-state index is 13.2. The summed E-state index contributed by atoms with van der Waals surface area (Å²) in [6.07, 6.45) is 0.899. The van der Waals surface area contributed by atoms with Gasteiger partial charge in [-0.3, -0.25) is 4.79 Å². The van der Waals surface area contributed by atoms with E-state index in [1.807, 2.05) is 18.2 Å². The molecule has 0 saturated carbocycles. The molecular weight excluding hydrogens is 272 g/mol. The van der Waals surface area contributed by atoms with E-state index in [-0.39, 0.29) is 12.2 Å². The van der Waals surface area contributed by atoms with Gasteiger partial charge in [-0.05, 0) is 41.8 Å². The Morgan fingerprint density at radius 2 is 2.00 bits per heavy atom. The van der Waals surface area contributed by atoms with Crippen molar-refractivity contribution in [2.75, 3.05) is 6.54 Å². The van der Waals surface area contributed by atoms with Crippen LogP contribution >= 0.6 is 0 Å². The highest BCUT2D eigenvalue weighted by atomic mass is 19.2. The molecule has 0 aliphatic carbocycles. The predicted octanol–water partition coefficient (Wildman–Crippen LogP) is 3.04. The summed E-state index contributed by atoms with van der Waals surface area (Å²) in [6.45, 7) is 1.62. The van der Waals surface area contributed by atoms with Gasteiger partial charge in [0, 0.05) is 18.5 Å². The van der Waals surface area contributed by atoms with Gasteiger partial charge in [-0.15, -0.1) is 0 Å². The van der Waals surface area contributed by atoms with Crippen LogP contribution in [0.25, 0.3) is 0 Å². The highest BCUT2D eigenvalue weighted by Crippen LogP contribution is 2.21. The number of carbonyl (C=O) groups is 1. The maximum Gasteiger partial charge on any atom is 0.167 e. The van der Waals surface area contributed by atoms with Crippen molar-refractivity contribution in [1.29, 1.82) is 0 Å². The molecule has 0 fully saturated rings. The second-order valence-electron chi connectivity index (χ2n) is 5.22. The van der Waals surface area contributed by atoms with E-state index in [4.69, 9.17) is 0 Å². The van der Waals surface area contributed by atoms with Crippen LogP contribution in [0.4, 0.5) is 8.78 Å². The number of benzene rings is 2. The van der Waals surface area contributed by atoms with Crippen LogP contribution in [0.1, 0.15) is 27.0 Å². The largest absolute Gasteiger partial charge is 0.312 e. The Labute approximate surface area is 121 Å². The lowest BCUT2D eigenvalue weighted by atomic mass is 9.91. The minimum absolute atomic E-state index is 0.0558. The number of hydrogen-bond donors (Lipinski definition) is 1. The van der Waals surface area contributed by atoms with Crippen LogP contribution in [-0.2, 0) is 19.4 Å². The van der Waals surface area contributed by atoms with Crippen molar-refractivity contribution in [1.82, 2.24) is 5.32 Å². The van der Waals surface area contributed by atoms with Gasteiger partial charge in [0.05, 0.1) is 0 Å². The molecule has 2 aromatic rings. The number of nitrogens with one attached hydrogen (secondary N) is 1. The molecule has 21 heavy (non-hydrogen) atoms. The summed E-state index contributed by atoms with van der Waals surface area (Å²) in [5, 5.41) is 3.27. The monoisotopic (exact) mass is 287 g/mol. The normalized spacial score (nSPS) is 13.8. The fraction of sp³-hybridized carbons (Fsp3) is 0.235. The van der Waals surface area contributed by atoms with Gasteiger partial charge in [-0.2, -0.15) is 0 Å². The van der Waals surface area contributed by atoms with Crippen molar-refractivity contribution in [3.05, 3.63) is 70.3 Å². The zero-order chi connectivity index (χ0) is 14.8. The van der Waals surface area contributed by atoms with Crippen molar-refractivity contribution >= 4 is 5.78 Å². The number of Topliss-reactive ketones (excluding diaryl/α,β-unsaturated/α-hetero) is 1. The van der Waals surface area contributed by atoms with Crippen LogP contribution in [0.15, 0.2) is 36.4 Å². The van der Waals surface area contributed by atoms with Crippen LogP contribution < -0.4 is 5.32 Å². The van der Waals surface area contributed by atoms with Crippen LogP contribution in [0.5, 0.6) is 0 Å². The Morgan fingerprint density at radius 3 is 2.81 bits per heavy atom. The van der Waals surface area contributed by atoms with Gasteiger partial charge >= 0.3 is 0 Å². The van der Waals surface area contributed by atoms with E-state index in [9.17, 15) is 13.6 Å². The molecular formula is C17H15F2NO. The van der Waals surface area contributed by atoms with Crippen molar-refractivity contribution in [3.63, 3.8) is 0 Å². The average molecular weight is 287 g/mol. The lowest BCUT2D eigenvalue weighted by molar-refractivity contribution is 0.0991. The fourth-order valence-corrected chi connectivity index (χ4v) is 2.72. The molecule has 0 atom stereocenters. The first-order chi connectivity index (χ1) is 10.1. The van der Waals surface area contributed by atoms with Gasteiger partial charge in [-0.1, -0.05) is 24.3 Å². The summed E-state index contributed by atoms with van der Waals surface area (Å²) < 4.78 is 26.1. The molecule has 3 rings (SSSR count). The molecule has 2 nitrogen and oxygen atoms in total. The molecule has 1 aliphatic rings. The molecule has 0 radical (unpaired) electrons. The smallest absolute Gasteiger partial charge is 0.167 e. The van der Waals surface area contributed by atoms with E-state index in [1.165, 1.54) is 6.07 Å². The van der Waals surface area contributed by atoms with Crippen LogP contribution in [-0.4, -0.2) is 12.3 Å². The van der Waals surface area contributed by atoms with E-state index in [0.29, 0.717) is 11.1 Å². The standard InChI is InChI=1S/C17H15F2NO/c18-15-5-4-11(8-16(15)19)9-17(21)14-3-1-2-12-10-20-7-6-13(12)14/h1-5,8,20H,6-7,9-10H2. The molecule has 0 aromatic heterocycles. The van der Waals surface area contributed by atoms with Gasteiger partial charge in [0.15, 0.2) is 17.4 Å². The summed E-state index contributed by atoms with van der Waals surface area (Å²) in [6, 6.07) is 9.28. The predicted molar refractivity (Wildman–Crippen MR) is 76.2 cm³/mol. The Bertz CT molecular complexity index is 697. The lowest BCUT2D eigenvalue weighted by Crippen LogP contribution is -2.25. The Kier molecular flexibility index (Phi) is 3.80. The Balaban J connectivity index is 1.87. The highest BCUT2D eigenvalue weighted by molar-refractivity contribution is 5.99. The van der Waals surface area contributed by atoms with E-state index in [2.05, 4.69) is 5.32 Å². The van der Waals surface area contributed by atoms with Gasteiger partial charge in [0.2, 0.25) is 0 Å².